The van der Waals surface area contributed by atoms with E-state index in [0.717, 1.165) is 75.8 Å². The number of rotatable bonds is 9. The Labute approximate surface area is 220 Å². The quantitative estimate of drug-likeness (QED) is 0.545. The van der Waals surface area contributed by atoms with Crippen molar-refractivity contribution in [3.8, 4) is 0 Å². The van der Waals surface area contributed by atoms with Crippen molar-refractivity contribution in [3.63, 3.8) is 0 Å². The maximum atomic E-state index is 13.4. The zero-order valence-corrected chi connectivity index (χ0v) is 22.4. The van der Waals surface area contributed by atoms with Gasteiger partial charge in [0, 0.05) is 25.4 Å². The summed E-state index contributed by atoms with van der Waals surface area (Å²) in [5.41, 5.74) is 1.73. The van der Waals surface area contributed by atoms with E-state index >= 15 is 0 Å². The number of amides is 2. The van der Waals surface area contributed by atoms with Gasteiger partial charge in [-0.2, -0.15) is 0 Å². The number of sulfone groups is 1. The number of hydrogen-bond donors (Lipinski definition) is 1. The molecule has 2 aromatic carbocycles. The molecule has 1 saturated carbocycles. The molecular weight excluding hydrogens is 486 g/mol. The largest absolute Gasteiger partial charge is 0.353 e. The third-order valence-corrected chi connectivity index (χ3v) is 9.44. The standard InChI is InChI=1S/C29H37N3O4S/c1-37(35,36)25-11-7-22(8-12-25)21-32-20-16-29(28(32)34)14-18-31(19-15-29)17-13-26(23-5-3-2-4-6-23)27(33)30-24-9-10-24/h2-8,11-12,24,26H,9-10,13-21H2,1H3,(H,30,33). The van der Waals surface area contributed by atoms with Gasteiger partial charge in [0.25, 0.3) is 0 Å². The van der Waals surface area contributed by atoms with Gasteiger partial charge < -0.3 is 15.1 Å². The monoisotopic (exact) mass is 523 g/mol. The molecule has 37 heavy (non-hydrogen) atoms. The minimum Gasteiger partial charge on any atom is -0.353 e. The highest BCUT2D eigenvalue weighted by molar-refractivity contribution is 7.90. The Hall–Kier alpha value is -2.71. The normalized spacial score (nSPS) is 20.8. The molecular formula is C29H37N3O4S. The third kappa shape index (κ3) is 6.07. The first kappa shape index (κ1) is 25.9. The lowest BCUT2D eigenvalue weighted by Crippen LogP contribution is -2.45. The SMILES string of the molecule is CS(=O)(=O)c1ccc(CN2CCC3(CCN(CCC(C(=O)NC4CC4)c4ccccc4)CC3)C2=O)cc1. The van der Waals surface area contributed by atoms with Crippen molar-refractivity contribution in [3.05, 3.63) is 65.7 Å². The van der Waals surface area contributed by atoms with Gasteiger partial charge in [0.1, 0.15) is 0 Å². The maximum Gasteiger partial charge on any atom is 0.229 e. The fraction of sp³-hybridized carbons (Fsp3) is 0.517. The first-order valence-electron chi connectivity index (χ1n) is 13.4. The van der Waals surface area contributed by atoms with Crippen LogP contribution in [0.5, 0.6) is 0 Å². The van der Waals surface area contributed by atoms with Crippen LogP contribution in [0.4, 0.5) is 0 Å². The molecule has 2 heterocycles. The van der Waals surface area contributed by atoms with E-state index in [1.807, 2.05) is 35.2 Å². The number of carbonyl (C=O) groups excluding carboxylic acids is 2. The van der Waals surface area contributed by atoms with Gasteiger partial charge in [0.05, 0.1) is 16.2 Å². The van der Waals surface area contributed by atoms with Gasteiger partial charge in [-0.05, 0) is 81.4 Å². The van der Waals surface area contributed by atoms with Crippen molar-refractivity contribution < 1.29 is 18.0 Å². The van der Waals surface area contributed by atoms with E-state index < -0.39 is 9.84 Å². The van der Waals surface area contributed by atoms with E-state index in [2.05, 4.69) is 10.2 Å². The van der Waals surface area contributed by atoms with Gasteiger partial charge in [-0.25, -0.2) is 8.42 Å². The summed E-state index contributed by atoms with van der Waals surface area (Å²) in [6.45, 7) is 3.84. The summed E-state index contributed by atoms with van der Waals surface area (Å²) >= 11 is 0. The smallest absolute Gasteiger partial charge is 0.229 e. The lowest BCUT2D eigenvalue weighted by Gasteiger charge is -2.38. The molecule has 8 heteroatoms. The molecule has 3 aliphatic rings. The third-order valence-electron chi connectivity index (χ3n) is 8.32. The van der Waals surface area contributed by atoms with Crippen molar-refractivity contribution in [1.29, 1.82) is 0 Å². The number of carbonyl (C=O) groups is 2. The number of hydrogen-bond acceptors (Lipinski definition) is 5. The van der Waals surface area contributed by atoms with Gasteiger partial charge in [-0.15, -0.1) is 0 Å². The number of benzene rings is 2. The van der Waals surface area contributed by atoms with Crippen molar-refractivity contribution in [1.82, 2.24) is 15.1 Å². The van der Waals surface area contributed by atoms with Crippen LogP contribution in [0.2, 0.25) is 0 Å². The van der Waals surface area contributed by atoms with Crippen LogP contribution >= 0.6 is 0 Å². The lowest BCUT2D eigenvalue weighted by molar-refractivity contribution is -0.138. The Kier molecular flexibility index (Phi) is 7.41. The van der Waals surface area contributed by atoms with E-state index in [1.54, 1.807) is 24.3 Å². The molecule has 1 unspecified atom stereocenters. The molecule has 1 aliphatic carbocycles. The average molecular weight is 524 g/mol. The molecule has 7 nitrogen and oxygen atoms in total. The highest BCUT2D eigenvalue weighted by Crippen LogP contribution is 2.42. The molecule has 0 radical (unpaired) electrons. The number of nitrogens with one attached hydrogen (secondary N) is 1. The van der Waals surface area contributed by atoms with Crippen LogP contribution in [0.1, 0.15) is 55.6 Å². The predicted octanol–water partition coefficient (Wildman–Crippen LogP) is 3.36. The first-order chi connectivity index (χ1) is 17.7. The van der Waals surface area contributed by atoms with Crippen LogP contribution in [0.25, 0.3) is 0 Å². The average Bonchev–Trinajstić information content (AvgIpc) is 3.66. The second-order valence-corrected chi connectivity index (χ2v) is 13.1. The minimum absolute atomic E-state index is 0.133. The number of likely N-dealkylation sites (tertiary alicyclic amines) is 2. The number of nitrogens with zero attached hydrogens (tertiary/aromatic N) is 2. The summed E-state index contributed by atoms with van der Waals surface area (Å²) in [6.07, 6.45) is 6.71. The van der Waals surface area contributed by atoms with Gasteiger partial charge >= 0.3 is 0 Å². The van der Waals surface area contributed by atoms with Crippen LogP contribution in [0.15, 0.2) is 59.5 Å². The Balaban J connectivity index is 1.15. The van der Waals surface area contributed by atoms with E-state index in [1.165, 1.54) is 6.26 Å². The molecule has 2 aliphatic heterocycles. The minimum atomic E-state index is -3.23. The van der Waals surface area contributed by atoms with Crippen molar-refractivity contribution in [2.45, 2.75) is 61.9 Å². The molecule has 198 valence electrons. The summed E-state index contributed by atoms with van der Waals surface area (Å²) in [6, 6.07) is 17.3. The van der Waals surface area contributed by atoms with Crippen molar-refractivity contribution in [2.24, 2.45) is 5.41 Å². The zero-order valence-electron chi connectivity index (χ0n) is 21.6. The highest BCUT2D eigenvalue weighted by atomic mass is 32.2. The van der Waals surface area contributed by atoms with Crippen LogP contribution in [-0.2, 0) is 26.0 Å². The Bertz CT molecular complexity index is 1220. The van der Waals surface area contributed by atoms with Crippen LogP contribution in [0.3, 0.4) is 0 Å². The van der Waals surface area contributed by atoms with Crippen LogP contribution in [-0.4, -0.2) is 68.5 Å². The predicted molar refractivity (Wildman–Crippen MR) is 143 cm³/mol. The molecule has 2 saturated heterocycles. The van der Waals surface area contributed by atoms with Crippen molar-refractivity contribution >= 4 is 21.7 Å². The summed E-state index contributed by atoms with van der Waals surface area (Å²) in [4.78, 5) is 31.0. The van der Waals surface area contributed by atoms with Gasteiger partial charge in [0.2, 0.25) is 11.8 Å². The molecule has 1 atom stereocenters. The van der Waals surface area contributed by atoms with Gasteiger partial charge in [-0.1, -0.05) is 42.5 Å². The molecule has 2 aromatic rings. The topological polar surface area (TPSA) is 86.8 Å². The van der Waals surface area contributed by atoms with Gasteiger partial charge in [0.15, 0.2) is 9.84 Å². The van der Waals surface area contributed by atoms with E-state index in [4.69, 9.17) is 0 Å². The zero-order chi connectivity index (χ0) is 26.0. The fourth-order valence-electron chi connectivity index (χ4n) is 5.75. The summed E-state index contributed by atoms with van der Waals surface area (Å²) in [5, 5.41) is 3.18. The van der Waals surface area contributed by atoms with Crippen LogP contribution < -0.4 is 5.32 Å². The molecule has 3 fully saturated rings. The second kappa shape index (κ2) is 10.6. The molecule has 0 aromatic heterocycles. The Morgan fingerprint density at radius 1 is 1.00 bits per heavy atom. The fourth-order valence-corrected chi connectivity index (χ4v) is 6.38. The molecule has 0 bridgehead atoms. The molecule has 2 amide bonds. The maximum absolute atomic E-state index is 13.4. The van der Waals surface area contributed by atoms with E-state index in [9.17, 15) is 18.0 Å². The summed E-state index contributed by atoms with van der Waals surface area (Å²) < 4.78 is 23.4. The van der Waals surface area contributed by atoms with Crippen LogP contribution in [0, 0.1) is 5.41 Å². The number of piperidine rings is 1. The first-order valence-corrected chi connectivity index (χ1v) is 15.3. The highest BCUT2D eigenvalue weighted by Gasteiger charge is 2.47. The van der Waals surface area contributed by atoms with Crippen molar-refractivity contribution in [2.75, 3.05) is 32.4 Å². The molecule has 1 N–H and O–H groups in total. The molecule has 1 spiro atoms. The Morgan fingerprint density at radius 3 is 2.27 bits per heavy atom. The second-order valence-electron chi connectivity index (χ2n) is 11.0. The summed E-state index contributed by atoms with van der Waals surface area (Å²) in [7, 11) is -3.23. The van der Waals surface area contributed by atoms with Gasteiger partial charge in [-0.3, -0.25) is 9.59 Å². The van der Waals surface area contributed by atoms with E-state index in [-0.39, 0.29) is 23.1 Å². The van der Waals surface area contributed by atoms with E-state index in [0.29, 0.717) is 17.5 Å². The molecule has 5 rings (SSSR count). The summed E-state index contributed by atoms with van der Waals surface area (Å²) in [5.74, 6) is 0.217. The lowest BCUT2D eigenvalue weighted by atomic mass is 9.77. The Morgan fingerprint density at radius 2 is 1.65 bits per heavy atom.